The van der Waals surface area contributed by atoms with E-state index in [1.165, 1.54) is 12.3 Å². The number of hydrogen-bond donors (Lipinski definition) is 1. The summed E-state index contributed by atoms with van der Waals surface area (Å²) in [5, 5.41) is 4.59. The summed E-state index contributed by atoms with van der Waals surface area (Å²) >= 11 is 8.16. The van der Waals surface area contributed by atoms with Gasteiger partial charge in [0.05, 0.1) is 28.9 Å². The van der Waals surface area contributed by atoms with Gasteiger partial charge in [0, 0.05) is 47.1 Å². The predicted octanol–water partition coefficient (Wildman–Crippen LogP) is 12.0. The fourth-order valence-electron chi connectivity index (χ4n) is 7.82. The van der Waals surface area contributed by atoms with Crippen molar-refractivity contribution in [2.75, 3.05) is 0 Å². The molecular weight excluding hydrogens is 1270 g/mol. The maximum atomic E-state index is 12.8. The number of hydrogen-bond acceptors (Lipinski definition) is 14. The van der Waals surface area contributed by atoms with E-state index in [1.54, 1.807) is 103 Å². The van der Waals surface area contributed by atoms with Crippen molar-refractivity contribution in [3.05, 3.63) is 153 Å². The van der Waals surface area contributed by atoms with E-state index in [0.29, 0.717) is 41.4 Å². The summed E-state index contributed by atoms with van der Waals surface area (Å²) in [6.45, 7) is 20.2. The molecule has 0 saturated carbocycles. The third-order valence-electron chi connectivity index (χ3n) is 11.4. The normalized spacial score (nSPS) is 22.3. The molecule has 4 heterocycles. The Labute approximate surface area is 485 Å². The first-order chi connectivity index (χ1) is 36.6. The minimum atomic E-state index is -3.29. The zero-order valence-electron chi connectivity index (χ0n) is 44.4. The quantitative estimate of drug-likeness (QED) is 0.0506. The van der Waals surface area contributed by atoms with Crippen molar-refractivity contribution >= 4 is 107 Å². The van der Waals surface area contributed by atoms with Crippen LogP contribution in [0.4, 0.5) is 0 Å². The summed E-state index contributed by atoms with van der Waals surface area (Å²) in [6, 6.07) is 28.8. The zero-order valence-corrected chi connectivity index (χ0v) is 53.7. The van der Waals surface area contributed by atoms with Gasteiger partial charge in [-0.25, -0.2) is 24.2 Å². The standard InChI is InChI=1S/C23H21ClO5.C20H19ClN2O5.C10H20N2O2Si2.4ClH.Sn/c1-3-19-16(2)23(14-15-24,29-21(26)18-12-8-5-9-13-18)22(27-19)28-20(25)17-10-6-4-7-11-17;1-3-15-13(2)20(10-11-21,28-17(25)14-7-5-4-6-8-14)18(27-15)23-12-9-16(24)22-19(23)26;1-15(2,3)13-9-7-8-11-10(12-9)14-16(4,5)6;;;;;/h4-13,16,19,22H,3H2,1-2H3;4-9,12-13,15,18H,3H2,1-2H3,(H,22,24,26);7-8H,1-6H3;4*1H;/q;;;;;;;+4/p-4/t16-,19-,22?,23-;13-,15-,18-,20-;;;;;;/m11....../s1. The number of halogens is 6. The van der Waals surface area contributed by atoms with Crippen LogP contribution in [-0.2, 0) is 23.7 Å². The molecule has 16 nitrogen and oxygen atoms in total. The third-order valence-corrected chi connectivity index (χ3v) is 13.2. The summed E-state index contributed by atoms with van der Waals surface area (Å²) in [4.78, 5) is 72.6. The third kappa shape index (κ3) is 19.6. The SMILES string of the molecule is CC[C@H]1OC(OC(=O)c2ccccc2)[C@](C#CCl)(OC(=O)c2ccccc2)[C@@H]1C.CC[C@H]1O[C@@H](n2ccc(=O)[nH]c2=O)[C@](C#CCl)(OC(=O)c2ccccc2)[C@@H]1C.C[Si](C)(C)Oc1ccnc(O[Si](C)(C)C)n1.[Cl][Sn]([Cl])([Cl])[Cl]. The van der Waals surface area contributed by atoms with E-state index >= 15 is 0 Å². The van der Waals surface area contributed by atoms with Crippen LogP contribution in [0.5, 0.6) is 11.9 Å². The predicted molar refractivity (Wildman–Crippen MR) is 310 cm³/mol. The second kappa shape index (κ2) is 29.8. The Bertz CT molecular complexity index is 3000. The average Bonchev–Trinajstić information content (AvgIpc) is 4.03. The number of aromatic amines is 1. The molecule has 5 aromatic rings. The van der Waals surface area contributed by atoms with Crippen molar-refractivity contribution in [3.8, 4) is 34.5 Å². The second-order valence-electron chi connectivity index (χ2n) is 19.3. The van der Waals surface area contributed by atoms with Crippen LogP contribution in [0.3, 0.4) is 0 Å². The zero-order chi connectivity index (χ0) is 58.1. The molecule has 2 fully saturated rings. The summed E-state index contributed by atoms with van der Waals surface area (Å²) in [5.41, 5.74) is -3.25. The molecule has 0 radical (unpaired) electrons. The topological polar surface area (TPSA) is 196 Å². The number of benzene rings is 3. The van der Waals surface area contributed by atoms with Gasteiger partial charge in [-0.15, -0.1) is 0 Å². The molecule has 1 unspecified atom stereocenters. The van der Waals surface area contributed by atoms with E-state index in [1.807, 2.05) is 27.7 Å². The molecule has 2 saturated heterocycles. The van der Waals surface area contributed by atoms with Crippen LogP contribution < -0.4 is 20.1 Å². The van der Waals surface area contributed by atoms with E-state index < -0.39 is 83.4 Å². The van der Waals surface area contributed by atoms with Gasteiger partial charge in [-0.3, -0.25) is 14.3 Å². The number of carbonyl (C=O) groups excluding carboxylic acids is 3. The molecular formula is C53H60Cl6N4O12Si2Sn. The van der Waals surface area contributed by atoms with Gasteiger partial charge < -0.3 is 32.5 Å². The van der Waals surface area contributed by atoms with Gasteiger partial charge in [-0.1, -0.05) is 82.3 Å². The number of H-pyrrole nitrogens is 1. The fraction of sp³-hybridized carbons (Fsp3) is 0.377. The van der Waals surface area contributed by atoms with Crippen molar-refractivity contribution < 1.29 is 46.9 Å². The van der Waals surface area contributed by atoms with Gasteiger partial charge in [-0.2, -0.15) is 4.98 Å². The first kappa shape index (κ1) is 66.0. The van der Waals surface area contributed by atoms with Gasteiger partial charge in [0.1, 0.15) is 0 Å². The monoisotopic (exact) mass is 1330 g/mol. The van der Waals surface area contributed by atoms with E-state index in [2.05, 4.69) is 76.8 Å². The summed E-state index contributed by atoms with van der Waals surface area (Å²) in [6.07, 6.45) is 1.23. The summed E-state index contributed by atoms with van der Waals surface area (Å²) in [7, 11) is 16.9. The summed E-state index contributed by atoms with van der Waals surface area (Å²) < 4.78 is 41.9. The molecule has 8 atom stereocenters. The molecule has 0 aliphatic carbocycles. The number of ether oxygens (including phenoxy) is 5. The molecule has 2 aliphatic rings. The molecule has 418 valence electrons. The Morgan fingerprint density at radius 2 is 1.10 bits per heavy atom. The average molecular weight is 1330 g/mol. The van der Waals surface area contributed by atoms with E-state index in [-0.39, 0.29) is 24.0 Å². The van der Waals surface area contributed by atoms with Crippen molar-refractivity contribution in [1.82, 2.24) is 19.5 Å². The van der Waals surface area contributed by atoms with Gasteiger partial charge >= 0.3 is 79.2 Å². The molecule has 25 heteroatoms. The van der Waals surface area contributed by atoms with Crippen LogP contribution in [0, 0.1) is 34.4 Å². The Kier molecular flexibility index (Phi) is 25.2. The van der Waals surface area contributed by atoms with Crippen molar-refractivity contribution in [2.45, 2.75) is 116 Å². The number of rotatable bonds is 13. The Morgan fingerprint density at radius 1 is 0.667 bits per heavy atom. The summed E-state index contributed by atoms with van der Waals surface area (Å²) in [5.74, 6) is 3.54. The molecule has 3 aromatic carbocycles. The van der Waals surface area contributed by atoms with Crippen LogP contribution in [0.1, 0.15) is 77.8 Å². The molecule has 0 spiro atoms. The van der Waals surface area contributed by atoms with E-state index in [9.17, 15) is 24.0 Å². The molecule has 1 N–H and O–H groups in total. The molecule has 0 amide bonds. The molecule has 2 aromatic heterocycles. The number of nitrogens with one attached hydrogen (secondary N) is 1. The van der Waals surface area contributed by atoms with Crippen molar-refractivity contribution in [3.63, 3.8) is 0 Å². The van der Waals surface area contributed by atoms with Gasteiger partial charge in [0.2, 0.25) is 33.7 Å². The van der Waals surface area contributed by atoms with Crippen LogP contribution in [0.2, 0.25) is 39.3 Å². The van der Waals surface area contributed by atoms with Gasteiger partial charge in [0.15, 0.2) is 6.23 Å². The molecule has 78 heavy (non-hydrogen) atoms. The first-order valence-electron chi connectivity index (χ1n) is 24.3. The van der Waals surface area contributed by atoms with Crippen molar-refractivity contribution in [2.24, 2.45) is 11.8 Å². The van der Waals surface area contributed by atoms with Crippen LogP contribution in [0.15, 0.2) is 125 Å². The Hall–Kier alpha value is -4.56. The maximum absolute atomic E-state index is 12.8. The number of esters is 3. The molecule has 0 bridgehead atoms. The van der Waals surface area contributed by atoms with Crippen LogP contribution in [-0.4, -0.2) is 97.6 Å². The van der Waals surface area contributed by atoms with E-state index in [0.717, 1.165) is 4.57 Å². The Balaban J connectivity index is 0.000000250. The molecule has 7 rings (SSSR count). The van der Waals surface area contributed by atoms with Gasteiger partial charge in [0.25, 0.3) is 11.8 Å². The van der Waals surface area contributed by atoms with Gasteiger partial charge in [-0.05, 0) is 124 Å². The number of carbonyl (C=O) groups is 3. The molecule has 2 aliphatic heterocycles. The van der Waals surface area contributed by atoms with E-state index in [4.69, 9.17) is 91.4 Å². The fourth-order valence-corrected chi connectivity index (χ4v) is 9.50. The number of aromatic nitrogens is 4. The van der Waals surface area contributed by atoms with Crippen LogP contribution in [0.25, 0.3) is 0 Å². The Morgan fingerprint density at radius 3 is 1.55 bits per heavy atom. The number of nitrogens with zero attached hydrogens (tertiary/aromatic N) is 3. The first-order valence-corrected chi connectivity index (χ1v) is 46.3. The van der Waals surface area contributed by atoms with Crippen LogP contribution >= 0.6 is 58.9 Å². The second-order valence-corrected chi connectivity index (χ2v) is 54.0. The minimum absolute atomic E-state index is 0.329. The van der Waals surface area contributed by atoms with Crippen molar-refractivity contribution in [1.29, 1.82) is 0 Å².